The summed E-state index contributed by atoms with van der Waals surface area (Å²) >= 11 is 0. The molecule has 3 unspecified atom stereocenters. The molecule has 3 atom stereocenters. The second kappa shape index (κ2) is 9.65. The van der Waals surface area contributed by atoms with Crippen molar-refractivity contribution in [3.05, 3.63) is 29.8 Å². The van der Waals surface area contributed by atoms with Gasteiger partial charge in [-0.1, -0.05) is 79.9 Å². The van der Waals surface area contributed by atoms with Crippen molar-refractivity contribution in [3.63, 3.8) is 0 Å². The van der Waals surface area contributed by atoms with Gasteiger partial charge in [0.15, 0.2) is 6.29 Å². The van der Waals surface area contributed by atoms with Crippen LogP contribution in [0.4, 0.5) is 0 Å². The summed E-state index contributed by atoms with van der Waals surface area (Å²) in [4.78, 5) is 0. The zero-order chi connectivity index (χ0) is 20.9. The van der Waals surface area contributed by atoms with Crippen molar-refractivity contribution >= 4 is 0 Å². The lowest BCUT2D eigenvalue weighted by Crippen LogP contribution is -2.32. The van der Waals surface area contributed by atoms with Crippen molar-refractivity contribution in [1.29, 1.82) is 0 Å². The molecule has 2 nitrogen and oxygen atoms in total. The third kappa shape index (κ3) is 6.79. The van der Waals surface area contributed by atoms with E-state index >= 15 is 0 Å². The second-order valence-electron chi connectivity index (χ2n) is 11.1. The highest BCUT2D eigenvalue weighted by atomic mass is 16.7. The molecule has 1 saturated carbocycles. The van der Waals surface area contributed by atoms with E-state index in [4.69, 9.17) is 9.47 Å². The molecule has 160 valence electrons. The van der Waals surface area contributed by atoms with Crippen LogP contribution < -0.4 is 4.74 Å². The Bertz CT molecular complexity index is 570. The fourth-order valence-corrected chi connectivity index (χ4v) is 4.64. The third-order valence-electron chi connectivity index (χ3n) is 6.63. The minimum atomic E-state index is -0.195. The topological polar surface area (TPSA) is 18.5 Å². The zero-order valence-electron chi connectivity index (χ0n) is 19.7. The monoisotopic (exact) mass is 388 g/mol. The van der Waals surface area contributed by atoms with Crippen molar-refractivity contribution in [2.45, 2.75) is 99.7 Å². The average molecular weight is 389 g/mol. The average Bonchev–Trinajstić information content (AvgIpc) is 2.60. The molecular formula is C26H44O2. The Labute approximate surface area is 174 Å². The molecule has 2 heteroatoms. The van der Waals surface area contributed by atoms with Crippen LogP contribution in [0.15, 0.2) is 24.3 Å². The van der Waals surface area contributed by atoms with Gasteiger partial charge in [0.2, 0.25) is 0 Å². The fraction of sp³-hybridized carbons (Fsp3) is 0.769. The molecule has 1 aliphatic rings. The molecule has 1 aromatic carbocycles. The normalized spacial score (nSPS) is 19.9. The van der Waals surface area contributed by atoms with Gasteiger partial charge in [-0.3, -0.25) is 0 Å². The predicted octanol–water partition coefficient (Wildman–Crippen LogP) is 7.82. The molecule has 0 bridgehead atoms. The quantitative estimate of drug-likeness (QED) is 0.443. The Kier molecular flexibility index (Phi) is 8.02. The molecule has 0 aromatic heterocycles. The van der Waals surface area contributed by atoms with Crippen LogP contribution in [0.3, 0.4) is 0 Å². The predicted molar refractivity (Wildman–Crippen MR) is 120 cm³/mol. The first-order chi connectivity index (χ1) is 13.0. The summed E-state index contributed by atoms with van der Waals surface area (Å²) in [7, 11) is 0. The summed E-state index contributed by atoms with van der Waals surface area (Å²) in [5.74, 6) is 2.70. The van der Waals surface area contributed by atoms with Crippen LogP contribution >= 0.6 is 0 Å². The first-order valence-corrected chi connectivity index (χ1v) is 11.4. The van der Waals surface area contributed by atoms with E-state index in [1.807, 2.05) is 6.92 Å². The van der Waals surface area contributed by atoms with Crippen LogP contribution in [-0.2, 0) is 4.74 Å². The maximum Gasteiger partial charge on any atom is 0.196 e. The van der Waals surface area contributed by atoms with Crippen molar-refractivity contribution in [2.75, 3.05) is 6.61 Å². The molecule has 0 spiro atoms. The molecule has 1 aliphatic carbocycles. The van der Waals surface area contributed by atoms with Crippen LogP contribution in [0, 0.1) is 22.7 Å². The zero-order valence-corrected chi connectivity index (χ0v) is 19.7. The number of hydrogen-bond donors (Lipinski definition) is 0. The van der Waals surface area contributed by atoms with Gasteiger partial charge in [-0.25, -0.2) is 0 Å². The van der Waals surface area contributed by atoms with Gasteiger partial charge in [0.1, 0.15) is 5.75 Å². The number of benzene rings is 1. The lowest BCUT2D eigenvalue weighted by molar-refractivity contribution is -0.0820. The fourth-order valence-electron chi connectivity index (χ4n) is 4.64. The molecule has 1 aromatic rings. The lowest BCUT2D eigenvalue weighted by atomic mass is 9.63. The standard InChI is InChI=1S/C26H44O2/c1-19(25(3,4)5)24(26(6,7)8)22-14-16-23(17-15-22)28-20(2)27-18-21-12-10-9-11-13-21/h14-17,19-21,24H,9-13,18H2,1-8H3. The van der Waals surface area contributed by atoms with Gasteiger partial charge in [0.05, 0.1) is 6.61 Å². The molecule has 0 radical (unpaired) electrons. The molecular weight excluding hydrogens is 344 g/mol. The van der Waals surface area contributed by atoms with Crippen molar-refractivity contribution < 1.29 is 9.47 Å². The van der Waals surface area contributed by atoms with E-state index in [1.165, 1.54) is 37.7 Å². The Morgan fingerprint density at radius 1 is 0.857 bits per heavy atom. The van der Waals surface area contributed by atoms with Crippen LogP contribution in [-0.4, -0.2) is 12.9 Å². The highest BCUT2D eigenvalue weighted by Crippen LogP contribution is 2.47. The molecule has 0 N–H and O–H groups in total. The minimum absolute atomic E-state index is 0.195. The van der Waals surface area contributed by atoms with E-state index in [-0.39, 0.29) is 17.1 Å². The minimum Gasteiger partial charge on any atom is -0.465 e. The van der Waals surface area contributed by atoms with Gasteiger partial charge in [-0.2, -0.15) is 0 Å². The van der Waals surface area contributed by atoms with Gasteiger partial charge in [0, 0.05) is 0 Å². The third-order valence-corrected chi connectivity index (χ3v) is 6.63. The van der Waals surface area contributed by atoms with Gasteiger partial charge >= 0.3 is 0 Å². The van der Waals surface area contributed by atoms with Crippen LogP contribution in [0.5, 0.6) is 5.75 Å². The highest BCUT2D eigenvalue weighted by molar-refractivity contribution is 5.31. The molecule has 0 saturated heterocycles. The molecule has 1 fully saturated rings. The first kappa shape index (κ1) is 23.3. The van der Waals surface area contributed by atoms with E-state index < -0.39 is 0 Å². The molecule has 2 rings (SSSR count). The van der Waals surface area contributed by atoms with E-state index in [9.17, 15) is 0 Å². The largest absolute Gasteiger partial charge is 0.465 e. The van der Waals surface area contributed by atoms with Gasteiger partial charge in [-0.05, 0) is 66.0 Å². The lowest BCUT2D eigenvalue weighted by Gasteiger charge is -2.42. The van der Waals surface area contributed by atoms with Crippen molar-refractivity contribution in [1.82, 2.24) is 0 Å². The Hall–Kier alpha value is -1.02. The summed E-state index contributed by atoms with van der Waals surface area (Å²) in [6.07, 6.45) is 6.51. The maximum absolute atomic E-state index is 6.03. The van der Waals surface area contributed by atoms with E-state index in [1.54, 1.807) is 0 Å². The van der Waals surface area contributed by atoms with E-state index in [2.05, 4.69) is 72.7 Å². The summed E-state index contributed by atoms with van der Waals surface area (Å²) < 4.78 is 12.0. The van der Waals surface area contributed by atoms with E-state index in [0.717, 1.165) is 12.4 Å². The Morgan fingerprint density at radius 3 is 1.93 bits per heavy atom. The summed E-state index contributed by atoms with van der Waals surface area (Å²) in [6.45, 7) is 19.3. The molecule has 28 heavy (non-hydrogen) atoms. The summed E-state index contributed by atoms with van der Waals surface area (Å²) in [5.41, 5.74) is 1.89. The van der Waals surface area contributed by atoms with Gasteiger partial charge in [-0.15, -0.1) is 0 Å². The highest BCUT2D eigenvalue weighted by Gasteiger charge is 2.36. The van der Waals surface area contributed by atoms with Crippen LogP contribution in [0.1, 0.15) is 99.0 Å². The molecule has 0 aliphatic heterocycles. The SMILES string of the molecule is CC(OCC1CCCCC1)Oc1ccc(C(C(C)C(C)(C)C)C(C)(C)C)cc1. The van der Waals surface area contributed by atoms with E-state index in [0.29, 0.717) is 17.8 Å². The summed E-state index contributed by atoms with van der Waals surface area (Å²) in [6, 6.07) is 8.73. The number of hydrogen-bond acceptors (Lipinski definition) is 2. The smallest absolute Gasteiger partial charge is 0.196 e. The second-order valence-corrected chi connectivity index (χ2v) is 11.1. The van der Waals surface area contributed by atoms with Crippen molar-refractivity contribution in [2.24, 2.45) is 22.7 Å². The maximum atomic E-state index is 6.03. The molecule has 0 heterocycles. The molecule has 0 amide bonds. The van der Waals surface area contributed by atoms with Crippen LogP contribution in [0.25, 0.3) is 0 Å². The van der Waals surface area contributed by atoms with Crippen LogP contribution in [0.2, 0.25) is 0 Å². The Balaban J connectivity index is 1.98. The number of rotatable bonds is 7. The van der Waals surface area contributed by atoms with Gasteiger partial charge < -0.3 is 9.47 Å². The summed E-state index contributed by atoms with van der Waals surface area (Å²) in [5, 5.41) is 0. The number of ether oxygens (including phenoxy) is 2. The van der Waals surface area contributed by atoms with Gasteiger partial charge in [0.25, 0.3) is 0 Å². The Morgan fingerprint density at radius 2 is 1.43 bits per heavy atom. The first-order valence-electron chi connectivity index (χ1n) is 11.4. The van der Waals surface area contributed by atoms with Crippen molar-refractivity contribution in [3.8, 4) is 5.75 Å².